The quantitative estimate of drug-likeness (QED) is 0.441. The van der Waals surface area contributed by atoms with Crippen LogP contribution in [0.25, 0.3) is 0 Å². The number of hydrogen-bond acceptors (Lipinski definition) is 3. The topological polar surface area (TPSA) is 60.1 Å². The SMILES string of the molecule is CCOC1CC(N=C(N)N2CCCCC2)C12CCCO2.I. The Bertz CT molecular complexity index is 366. The van der Waals surface area contributed by atoms with Crippen LogP contribution in [0.1, 0.15) is 45.4 Å². The smallest absolute Gasteiger partial charge is 0.191 e. The Kier molecular flexibility index (Phi) is 6.14. The second-order valence-electron chi connectivity index (χ2n) is 6.14. The zero-order valence-corrected chi connectivity index (χ0v) is 15.3. The van der Waals surface area contributed by atoms with Gasteiger partial charge in [-0.2, -0.15) is 0 Å². The van der Waals surface area contributed by atoms with Gasteiger partial charge >= 0.3 is 0 Å². The Morgan fingerprint density at radius 1 is 1.33 bits per heavy atom. The largest absolute Gasteiger partial charge is 0.375 e. The van der Waals surface area contributed by atoms with Crippen LogP contribution in [-0.2, 0) is 9.47 Å². The van der Waals surface area contributed by atoms with Gasteiger partial charge in [0.05, 0.1) is 12.1 Å². The van der Waals surface area contributed by atoms with Crippen molar-refractivity contribution in [3.63, 3.8) is 0 Å². The third-order valence-electron chi connectivity index (χ3n) is 4.97. The van der Waals surface area contributed by atoms with Crippen LogP contribution in [0.3, 0.4) is 0 Å². The van der Waals surface area contributed by atoms with E-state index in [4.69, 9.17) is 20.2 Å². The molecule has 2 aliphatic heterocycles. The molecule has 3 atom stereocenters. The van der Waals surface area contributed by atoms with E-state index in [1.807, 2.05) is 6.92 Å². The molecule has 21 heavy (non-hydrogen) atoms. The van der Waals surface area contributed by atoms with E-state index >= 15 is 0 Å². The molecule has 5 nitrogen and oxygen atoms in total. The Balaban J connectivity index is 0.00000161. The first-order chi connectivity index (χ1) is 9.76. The lowest BCUT2D eigenvalue weighted by atomic mass is 9.70. The molecule has 0 amide bonds. The predicted molar refractivity (Wildman–Crippen MR) is 94.2 cm³/mol. The second kappa shape index (κ2) is 7.46. The lowest BCUT2D eigenvalue weighted by molar-refractivity contribution is -0.189. The van der Waals surface area contributed by atoms with Crippen molar-refractivity contribution in [2.24, 2.45) is 10.7 Å². The number of likely N-dealkylation sites (tertiary alicyclic amines) is 1. The summed E-state index contributed by atoms with van der Waals surface area (Å²) in [5, 5.41) is 0. The van der Waals surface area contributed by atoms with Crippen LogP contribution < -0.4 is 5.73 Å². The van der Waals surface area contributed by atoms with Crippen molar-refractivity contribution >= 4 is 29.9 Å². The molecule has 2 heterocycles. The van der Waals surface area contributed by atoms with Crippen molar-refractivity contribution in [2.45, 2.75) is 63.2 Å². The number of halogens is 1. The average Bonchev–Trinajstić information content (AvgIpc) is 2.99. The van der Waals surface area contributed by atoms with Crippen molar-refractivity contribution in [3.8, 4) is 0 Å². The van der Waals surface area contributed by atoms with Crippen molar-refractivity contribution in [1.29, 1.82) is 0 Å². The number of piperidine rings is 1. The zero-order valence-electron chi connectivity index (χ0n) is 12.9. The van der Waals surface area contributed by atoms with Gasteiger partial charge in [-0.1, -0.05) is 0 Å². The minimum atomic E-state index is -0.184. The monoisotopic (exact) mass is 409 g/mol. The van der Waals surface area contributed by atoms with Gasteiger partial charge in [-0.3, -0.25) is 0 Å². The van der Waals surface area contributed by atoms with Gasteiger partial charge in [-0.15, -0.1) is 24.0 Å². The molecule has 0 bridgehead atoms. The summed E-state index contributed by atoms with van der Waals surface area (Å²) < 4.78 is 11.9. The summed E-state index contributed by atoms with van der Waals surface area (Å²) in [6.07, 6.45) is 7.08. The maximum atomic E-state index is 6.21. The van der Waals surface area contributed by atoms with Gasteiger partial charge in [0.1, 0.15) is 5.60 Å². The average molecular weight is 409 g/mol. The molecule has 2 saturated heterocycles. The van der Waals surface area contributed by atoms with E-state index in [0.717, 1.165) is 45.6 Å². The first kappa shape index (κ1) is 17.3. The van der Waals surface area contributed by atoms with Crippen LogP contribution >= 0.6 is 24.0 Å². The lowest BCUT2D eigenvalue weighted by Gasteiger charge is -2.50. The Hall–Kier alpha value is -0.0800. The van der Waals surface area contributed by atoms with Crippen molar-refractivity contribution < 1.29 is 9.47 Å². The fourth-order valence-electron chi connectivity index (χ4n) is 3.79. The molecule has 3 rings (SSSR count). The number of aliphatic imine (C=N–C) groups is 1. The highest BCUT2D eigenvalue weighted by Crippen LogP contribution is 2.47. The fourth-order valence-corrected chi connectivity index (χ4v) is 3.79. The highest BCUT2D eigenvalue weighted by atomic mass is 127. The van der Waals surface area contributed by atoms with E-state index in [2.05, 4.69) is 4.90 Å². The molecular weight excluding hydrogens is 381 g/mol. The molecule has 2 N–H and O–H groups in total. The van der Waals surface area contributed by atoms with Crippen LogP contribution in [0.2, 0.25) is 0 Å². The minimum absolute atomic E-state index is 0. The number of ether oxygens (including phenoxy) is 2. The summed E-state index contributed by atoms with van der Waals surface area (Å²) in [4.78, 5) is 7.01. The van der Waals surface area contributed by atoms with Gasteiger partial charge in [0.15, 0.2) is 5.96 Å². The molecule has 122 valence electrons. The number of hydrogen-bond donors (Lipinski definition) is 1. The second-order valence-corrected chi connectivity index (χ2v) is 6.14. The van der Waals surface area contributed by atoms with Crippen molar-refractivity contribution in [2.75, 3.05) is 26.3 Å². The number of rotatable bonds is 3. The number of nitrogens with zero attached hydrogens (tertiary/aromatic N) is 2. The normalized spacial score (nSPS) is 36.4. The van der Waals surface area contributed by atoms with Crippen LogP contribution in [0.5, 0.6) is 0 Å². The summed E-state index contributed by atoms with van der Waals surface area (Å²) in [7, 11) is 0. The van der Waals surface area contributed by atoms with Gasteiger partial charge < -0.3 is 20.1 Å². The van der Waals surface area contributed by atoms with Crippen molar-refractivity contribution in [1.82, 2.24) is 4.90 Å². The van der Waals surface area contributed by atoms with Crippen LogP contribution in [0, 0.1) is 0 Å². The van der Waals surface area contributed by atoms with E-state index in [0.29, 0.717) is 5.96 Å². The molecule has 6 heteroatoms. The van der Waals surface area contributed by atoms with Gasteiger partial charge in [-0.25, -0.2) is 4.99 Å². The first-order valence-corrected chi connectivity index (χ1v) is 8.10. The molecule has 0 aromatic carbocycles. The third kappa shape index (κ3) is 3.32. The Morgan fingerprint density at radius 3 is 2.71 bits per heavy atom. The maximum Gasteiger partial charge on any atom is 0.191 e. The number of guanidine groups is 1. The van der Waals surface area contributed by atoms with E-state index in [1.165, 1.54) is 19.3 Å². The summed E-state index contributed by atoms with van der Waals surface area (Å²) in [6.45, 7) is 5.71. The molecule has 0 radical (unpaired) electrons. The molecule has 1 spiro atoms. The Morgan fingerprint density at radius 2 is 2.10 bits per heavy atom. The molecule has 3 fully saturated rings. The lowest BCUT2D eigenvalue weighted by Crippen LogP contribution is -2.64. The van der Waals surface area contributed by atoms with E-state index in [-0.39, 0.29) is 41.7 Å². The molecule has 3 unspecified atom stereocenters. The molecule has 1 saturated carbocycles. The van der Waals surface area contributed by atoms with E-state index < -0.39 is 0 Å². The maximum absolute atomic E-state index is 6.21. The fraction of sp³-hybridized carbons (Fsp3) is 0.933. The van der Waals surface area contributed by atoms with Crippen LogP contribution in [0.15, 0.2) is 4.99 Å². The molecule has 3 aliphatic rings. The van der Waals surface area contributed by atoms with Gasteiger partial charge in [0, 0.05) is 32.7 Å². The van der Waals surface area contributed by atoms with Crippen LogP contribution in [-0.4, -0.2) is 54.9 Å². The summed E-state index contributed by atoms with van der Waals surface area (Å²) >= 11 is 0. The van der Waals surface area contributed by atoms with E-state index in [1.54, 1.807) is 0 Å². The van der Waals surface area contributed by atoms with Gasteiger partial charge in [-0.05, 0) is 39.0 Å². The zero-order chi connectivity index (χ0) is 14.0. The van der Waals surface area contributed by atoms with Crippen molar-refractivity contribution in [3.05, 3.63) is 0 Å². The Labute approximate surface area is 144 Å². The summed E-state index contributed by atoms with van der Waals surface area (Å²) in [5.74, 6) is 0.708. The molecule has 0 aromatic heterocycles. The summed E-state index contributed by atoms with van der Waals surface area (Å²) in [5.41, 5.74) is 6.02. The minimum Gasteiger partial charge on any atom is -0.375 e. The molecule has 1 aliphatic carbocycles. The first-order valence-electron chi connectivity index (χ1n) is 8.10. The molecule has 0 aromatic rings. The third-order valence-corrected chi connectivity index (χ3v) is 4.97. The van der Waals surface area contributed by atoms with Crippen LogP contribution in [0.4, 0.5) is 0 Å². The predicted octanol–water partition coefficient (Wildman–Crippen LogP) is 2.13. The summed E-state index contributed by atoms with van der Waals surface area (Å²) in [6, 6.07) is 0.184. The van der Waals surface area contributed by atoms with Gasteiger partial charge in [0.2, 0.25) is 0 Å². The molecular formula is C15H28IN3O2. The standard InChI is InChI=1S/C15H27N3O2.HI/c1-2-19-13-11-12(15(13)7-6-10-20-15)17-14(16)18-8-4-3-5-9-18;/h12-13H,2-11H2,1H3,(H2,16,17);1H. The number of nitrogens with two attached hydrogens (primary N) is 1. The highest BCUT2D eigenvalue weighted by molar-refractivity contribution is 14.0. The van der Waals surface area contributed by atoms with E-state index in [9.17, 15) is 0 Å². The van der Waals surface area contributed by atoms with Gasteiger partial charge in [0.25, 0.3) is 0 Å². The highest BCUT2D eigenvalue weighted by Gasteiger charge is 2.59.